The lowest BCUT2D eigenvalue weighted by Gasteiger charge is -2.20. The highest BCUT2D eigenvalue weighted by molar-refractivity contribution is 5.65. The Bertz CT molecular complexity index is 1040. The van der Waals surface area contributed by atoms with Crippen LogP contribution in [-0.4, -0.2) is 4.57 Å². The summed E-state index contributed by atoms with van der Waals surface area (Å²) >= 11 is 0. The minimum Gasteiger partial charge on any atom is -0.225 e. The molecule has 1 aromatic heterocycles. The Balaban J connectivity index is 2.56. The van der Waals surface area contributed by atoms with Gasteiger partial charge in [-0.3, -0.25) is 0 Å². The quantitative estimate of drug-likeness (QED) is 0.359. The maximum atomic E-state index is 2.57. The molecule has 2 aromatic carbocycles. The molecule has 0 fully saturated rings. The third kappa shape index (κ3) is 4.10. The second-order valence-corrected chi connectivity index (χ2v) is 10.1. The highest BCUT2D eigenvalue weighted by atomic mass is 15.2. The monoisotopic (exact) mass is 417 g/mol. The van der Waals surface area contributed by atoms with Crippen LogP contribution in [0.25, 0.3) is 17.1 Å². The Hall–Kier alpha value is -2.35. The fourth-order valence-corrected chi connectivity index (χ4v) is 4.89. The van der Waals surface area contributed by atoms with E-state index in [1.807, 2.05) is 0 Å². The average molecular weight is 418 g/mol. The smallest absolute Gasteiger partial charge is 0.225 e. The number of benzene rings is 2. The van der Waals surface area contributed by atoms with Crippen LogP contribution >= 0.6 is 0 Å². The molecule has 3 aromatic rings. The van der Waals surface area contributed by atoms with Gasteiger partial charge in [-0.05, 0) is 43.2 Å². The van der Waals surface area contributed by atoms with E-state index in [1.165, 1.54) is 45.2 Å². The second kappa shape index (κ2) is 9.02. The molecule has 3 rings (SSSR count). The largest absolute Gasteiger partial charge is 0.295 e. The first kappa shape index (κ1) is 23.3. The van der Waals surface area contributed by atoms with Crippen LogP contribution in [0.1, 0.15) is 107 Å². The van der Waals surface area contributed by atoms with Gasteiger partial charge in [0.05, 0.1) is 11.6 Å². The predicted molar refractivity (Wildman–Crippen MR) is 134 cm³/mol. The summed E-state index contributed by atoms with van der Waals surface area (Å²) in [6.07, 6.45) is 0. The molecule has 0 N–H and O–H groups in total. The van der Waals surface area contributed by atoms with E-state index in [1.54, 1.807) is 0 Å². The fourth-order valence-electron chi connectivity index (χ4n) is 4.89. The third-order valence-corrected chi connectivity index (χ3v) is 6.57. The maximum absolute atomic E-state index is 2.57. The molecular weight excluding hydrogens is 376 g/mol. The molecule has 0 atom stereocenters. The van der Waals surface area contributed by atoms with E-state index < -0.39 is 0 Å². The topological polar surface area (TPSA) is 8.81 Å². The van der Waals surface area contributed by atoms with E-state index in [2.05, 4.69) is 121 Å². The molecule has 1 heterocycles. The lowest BCUT2D eigenvalue weighted by molar-refractivity contribution is -0.710. The molecule has 0 amide bonds. The minimum absolute atomic E-state index is 0.379. The Labute approximate surface area is 190 Å². The first-order valence-electron chi connectivity index (χ1n) is 11.9. The molecule has 0 bridgehead atoms. The highest BCUT2D eigenvalue weighted by Gasteiger charge is 2.34. The van der Waals surface area contributed by atoms with Crippen LogP contribution in [0.3, 0.4) is 0 Å². The van der Waals surface area contributed by atoms with Gasteiger partial charge in [-0.15, -0.1) is 0 Å². The lowest BCUT2D eigenvalue weighted by atomic mass is 9.91. The molecule has 0 saturated heterocycles. The van der Waals surface area contributed by atoms with Crippen molar-refractivity contribution < 1.29 is 4.57 Å². The predicted octanol–water partition coefficient (Wildman–Crippen LogP) is 8.00. The van der Waals surface area contributed by atoms with Crippen molar-refractivity contribution in [2.45, 2.75) is 93.0 Å². The molecule has 0 spiro atoms. The highest BCUT2D eigenvalue weighted by Crippen LogP contribution is 2.37. The van der Waals surface area contributed by atoms with Gasteiger partial charge in [0.1, 0.15) is 17.1 Å². The normalized spacial score (nSPS) is 12.1. The van der Waals surface area contributed by atoms with Crippen molar-refractivity contribution in [2.24, 2.45) is 0 Å². The van der Waals surface area contributed by atoms with E-state index in [0.717, 1.165) is 0 Å². The number of rotatable bonds is 6. The summed E-state index contributed by atoms with van der Waals surface area (Å²) in [5, 5.41) is 0. The van der Waals surface area contributed by atoms with E-state index in [-0.39, 0.29) is 0 Å². The third-order valence-electron chi connectivity index (χ3n) is 6.57. The molecule has 166 valence electrons. The summed E-state index contributed by atoms with van der Waals surface area (Å²) in [6, 6.07) is 16.2. The van der Waals surface area contributed by atoms with Gasteiger partial charge < -0.3 is 0 Å². The Morgan fingerprint density at radius 2 is 1.13 bits per heavy atom. The Kier molecular flexibility index (Phi) is 6.79. The van der Waals surface area contributed by atoms with Gasteiger partial charge in [0.15, 0.2) is 0 Å². The molecule has 2 nitrogen and oxygen atoms in total. The summed E-state index contributed by atoms with van der Waals surface area (Å²) in [5.41, 5.74) is 9.64. The number of aromatic nitrogens is 2. The number of nitrogens with zero attached hydrogens (tertiary/aromatic N) is 2. The number of imidazole rings is 1. The van der Waals surface area contributed by atoms with Gasteiger partial charge in [0.25, 0.3) is 5.82 Å². The van der Waals surface area contributed by atoms with E-state index in [0.29, 0.717) is 23.8 Å². The first-order valence-corrected chi connectivity index (χ1v) is 11.9. The van der Waals surface area contributed by atoms with Crippen molar-refractivity contribution >= 4 is 0 Å². The zero-order chi connectivity index (χ0) is 23.0. The van der Waals surface area contributed by atoms with E-state index in [4.69, 9.17) is 0 Å². The standard InChI is InChI=1S/C29H41N2/c1-18(2)24-14-11-12-15-27(24)29-30(21(7)8)22(9)23(10)31(29)28-25(19(3)4)16-13-17-26(28)20(5)6/h11-21H,1-10H3/q+1. The van der Waals surface area contributed by atoms with Gasteiger partial charge in [-0.25, -0.2) is 4.57 Å². The van der Waals surface area contributed by atoms with Crippen molar-refractivity contribution in [2.75, 3.05) is 0 Å². The molecule has 31 heavy (non-hydrogen) atoms. The molecular formula is C29H41N2+. The van der Waals surface area contributed by atoms with Crippen LogP contribution in [0.5, 0.6) is 0 Å². The van der Waals surface area contributed by atoms with Crippen molar-refractivity contribution in [3.63, 3.8) is 0 Å². The van der Waals surface area contributed by atoms with Crippen molar-refractivity contribution in [3.8, 4) is 17.1 Å². The van der Waals surface area contributed by atoms with Crippen LogP contribution < -0.4 is 4.57 Å². The van der Waals surface area contributed by atoms with Gasteiger partial charge in [-0.2, -0.15) is 4.57 Å². The molecule has 2 heteroatoms. The zero-order valence-corrected chi connectivity index (χ0v) is 21.2. The average Bonchev–Trinajstić information content (AvgIpc) is 2.97. The minimum atomic E-state index is 0.379. The maximum Gasteiger partial charge on any atom is 0.295 e. The summed E-state index contributed by atoms with van der Waals surface area (Å²) in [4.78, 5) is 0. The van der Waals surface area contributed by atoms with Crippen molar-refractivity contribution in [3.05, 3.63) is 70.5 Å². The van der Waals surface area contributed by atoms with Crippen molar-refractivity contribution in [1.29, 1.82) is 0 Å². The van der Waals surface area contributed by atoms with Crippen LogP contribution in [0.4, 0.5) is 0 Å². The van der Waals surface area contributed by atoms with E-state index >= 15 is 0 Å². The molecule has 0 aliphatic carbocycles. The lowest BCUT2D eigenvalue weighted by Crippen LogP contribution is -2.40. The van der Waals surface area contributed by atoms with Gasteiger partial charge in [0.2, 0.25) is 0 Å². The molecule has 0 radical (unpaired) electrons. The summed E-state index contributed by atoms with van der Waals surface area (Å²) < 4.78 is 5.11. The van der Waals surface area contributed by atoms with Crippen LogP contribution in [0.15, 0.2) is 42.5 Å². The Morgan fingerprint density at radius 3 is 1.61 bits per heavy atom. The second-order valence-electron chi connectivity index (χ2n) is 10.1. The number of para-hydroxylation sites is 1. The van der Waals surface area contributed by atoms with E-state index in [9.17, 15) is 0 Å². The number of hydrogen-bond donors (Lipinski definition) is 0. The van der Waals surface area contributed by atoms with Gasteiger partial charge in [0, 0.05) is 25.0 Å². The summed E-state index contributed by atoms with van der Waals surface area (Å²) in [6.45, 7) is 23.0. The SMILES string of the molecule is Cc1c(C)[n+](C(C)C)c(-c2ccccc2C(C)C)n1-c1c(C(C)C)cccc1C(C)C. The van der Waals surface area contributed by atoms with Crippen LogP contribution in [0, 0.1) is 13.8 Å². The van der Waals surface area contributed by atoms with Crippen LogP contribution in [0.2, 0.25) is 0 Å². The van der Waals surface area contributed by atoms with Crippen LogP contribution in [-0.2, 0) is 0 Å². The molecule has 0 aliphatic rings. The fraction of sp³-hybridized carbons (Fsp3) is 0.483. The summed E-state index contributed by atoms with van der Waals surface area (Å²) in [7, 11) is 0. The zero-order valence-electron chi connectivity index (χ0n) is 21.2. The van der Waals surface area contributed by atoms with Gasteiger partial charge >= 0.3 is 0 Å². The number of hydrogen-bond acceptors (Lipinski definition) is 0. The summed E-state index contributed by atoms with van der Waals surface area (Å²) in [5.74, 6) is 2.68. The van der Waals surface area contributed by atoms with Crippen molar-refractivity contribution in [1.82, 2.24) is 4.57 Å². The molecule has 0 saturated carbocycles. The molecule has 0 aliphatic heterocycles. The van der Waals surface area contributed by atoms with Gasteiger partial charge in [-0.1, -0.05) is 77.9 Å². The Morgan fingerprint density at radius 1 is 0.645 bits per heavy atom. The molecule has 0 unspecified atom stereocenters. The first-order chi connectivity index (χ1) is 14.6.